The number of carboxylic acids is 1. The van der Waals surface area contributed by atoms with Crippen molar-refractivity contribution in [3.05, 3.63) is 83.9 Å². The number of aromatic nitrogens is 1. The van der Waals surface area contributed by atoms with Gasteiger partial charge in [-0.25, -0.2) is 0 Å². The highest BCUT2D eigenvalue weighted by atomic mass is 16.5. The summed E-state index contributed by atoms with van der Waals surface area (Å²) in [5.74, 6) is 0.714. The maximum absolute atomic E-state index is 12.3. The molecule has 0 bridgehead atoms. The van der Waals surface area contributed by atoms with E-state index in [0.29, 0.717) is 18.6 Å². The highest BCUT2D eigenvalue weighted by Gasteiger charge is 2.31. The molecule has 1 aliphatic rings. The van der Waals surface area contributed by atoms with Crippen molar-refractivity contribution in [1.29, 1.82) is 0 Å². The number of aryl methyl sites for hydroxylation is 1. The molecular weight excluding hydrogens is 428 g/mol. The summed E-state index contributed by atoms with van der Waals surface area (Å²) < 4.78 is 6.34. The van der Waals surface area contributed by atoms with E-state index < -0.39 is 5.97 Å². The van der Waals surface area contributed by atoms with E-state index in [0.717, 1.165) is 45.5 Å². The molecule has 0 radical (unpaired) electrons. The van der Waals surface area contributed by atoms with Gasteiger partial charge in [-0.1, -0.05) is 42.5 Å². The third kappa shape index (κ3) is 4.39. The van der Waals surface area contributed by atoms with E-state index in [1.165, 1.54) is 0 Å². The number of fused-ring (bicyclic) bond motifs is 1. The lowest BCUT2D eigenvalue weighted by molar-refractivity contribution is -0.137. The lowest BCUT2D eigenvalue weighted by atomic mass is 10.0. The molecule has 1 unspecified atom stereocenters. The quantitative estimate of drug-likeness (QED) is 0.362. The molecule has 0 aliphatic carbocycles. The molecule has 5 rings (SSSR count). The molecule has 0 saturated carbocycles. The average Bonchev–Trinajstić information content (AvgIpc) is 3.41. The molecule has 0 spiro atoms. The molecule has 1 aliphatic heterocycles. The average molecular weight is 455 g/mol. The zero-order valence-corrected chi connectivity index (χ0v) is 19.0. The summed E-state index contributed by atoms with van der Waals surface area (Å²) in [4.78, 5) is 28.4. The third-order valence-electron chi connectivity index (χ3n) is 6.47. The number of amides is 1. The largest absolute Gasteiger partial charge is 0.481 e. The van der Waals surface area contributed by atoms with Crippen LogP contribution in [0.4, 0.5) is 0 Å². The number of benzene rings is 3. The first-order chi connectivity index (χ1) is 16.5. The van der Waals surface area contributed by atoms with Gasteiger partial charge in [0.2, 0.25) is 5.91 Å². The van der Waals surface area contributed by atoms with Gasteiger partial charge in [-0.05, 0) is 54.3 Å². The molecule has 172 valence electrons. The fraction of sp³-hybridized carbons (Fsp3) is 0.214. The third-order valence-corrected chi connectivity index (χ3v) is 6.47. The molecular formula is C28H26N2O4. The van der Waals surface area contributed by atoms with E-state index in [2.05, 4.69) is 29.2 Å². The number of aliphatic carboxylic acids is 1. The Hall–Kier alpha value is -4.06. The Morgan fingerprint density at radius 3 is 2.53 bits per heavy atom. The van der Waals surface area contributed by atoms with Gasteiger partial charge in [-0.3, -0.25) is 9.59 Å². The fourth-order valence-corrected chi connectivity index (χ4v) is 4.57. The molecule has 3 aromatic carbocycles. The van der Waals surface area contributed by atoms with E-state index >= 15 is 0 Å². The smallest absolute Gasteiger partial charge is 0.303 e. The first-order valence-electron chi connectivity index (χ1n) is 11.4. The van der Waals surface area contributed by atoms with Crippen molar-refractivity contribution in [1.82, 2.24) is 9.88 Å². The monoisotopic (exact) mass is 454 g/mol. The Morgan fingerprint density at radius 2 is 1.85 bits per heavy atom. The molecule has 4 aromatic rings. The number of carbonyl (C=O) groups is 2. The Bertz CT molecular complexity index is 1340. The minimum absolute atomic E-state index is 0.0507. The molecule has 1 fully saturated rings. The van der Waals surface area contributed by atoms with E-state index in [-0.39, 0.29) is 18.4 Å². The number of nitrogens with zero attached hydrogens (tertiary/aromatic N) is 1. The van der Waals surface area contributed by atoms with E-state index in [1.54, 1.807) is 4.90 Å². The van der Waals surface area contributed by atoms with Gasteiger partial charge < -0.3 is 19.7 Å². The predicted molar refractivity (Wildman–Crippen MR) is 131 cm³/mol. The first kappa shape index (κ1) is 21.8. The summed E-state index contributed by atoms with van der Waals surface area (Å²) in [6.45, 7) is 0. The molecule has 6 heteroatoms. The maximum atomic E-state index is 12.3. The van der Waals surface area contributed by atoms with Crippen LogP contribution in [0.2, 0.25) is 0 Å². The zero-order chi connectivity index (χ0) is 23.7. The molecule has 1 amide bonds. The second-order valence-corrected chi connectivity index (χ2v) is 8.73. The lowest BCUT2D eigenvalue weighted by Gasteiger charge is -2.23. The van der Waals surface area contributed by atoms with E-state index in [1.807, 2.05) is 55.6 Å². The van der Waals surface area contributed by atoms with E-state index in [9.17, 15) is 9.59 Å². The number of rotatable bonds is 7. The Kier molecular flexibility index (Phi) is 5.80. The van der Waals surface area contributed by atoms with Crippen LogP contribution in [0.15, 0.2) is 72.8 Å². The first-order valence-corrected chi connectivity index (χ1v) is 11.4. The number of H-pyrrole nitrogens is 1. The summed E-state index contributed by atoms with van der Waals surface area (Å²) >= 11 is 0. The summed E-state index contributed by atoms with van der Waals surface area (Å²) in [5, 5.41) is 9.93. The van der Waals surface area contributed by atoms with Gasteiger partial charge in [0.05, 0.1) is 6.04 Å². The number of hydrogen-bond acceptors (Lipinski definition) is 3. The second-order valence-electron chi connectivity index (χ2n) is 8.73. The van der Waals surface area contributed by atoms with Gasteiger partial charge in [0.1, 0.15) is 11.5 Å². The van der Waals surface area contributed by atoms with E-state index in [4.69, 9.17) is 9.84 Å². The van der Waals surface area contributed by atoms with Gasteiger partial charge >= 0.3 is 5.97 Å². The highest BCUT2D eigenvalue weighted by Crippen LogP contribution is 2.41. The van der Waals surface area contributed by atoms with Gasteiger partial charge in [0.15, 0.2) is 0 Å². The number of carboxylic acid groups (broad SMARTS) is 1. The number of aromatic amines is 1. The molecule has 1 atom stereocenters. The number of nitrogens with one attached hydrogen (secondary N) is 1. The summed E-state index contributed by atoms with van der Waals surface area (Å²) in [6, 6.07) is 23.9. The van der Waals surface area contributed by atoms with Crippen molar-refractivity contribution < 1.29 is 19.4 Å². The maximum Gasteiger partial charge on any atom is 0.303 e. The normalized spacial score (nSPS) is 15.7. The van der Waals surface area contributed by atoms with Crippen LogP contribution in [0.1, 0.15) is 36.4 Å². The number of likely N-dealkylation sites (tertiary alicyclic amines) is 1. The minimum atomic E-state index is -0.810. The number of carbonyl (C=O) groups excluding carboxylic acids is 1. The van der Waals surface area contributed by atoms with Crippen LogP contribution < -0.4 is 4.74 Å². The SMILES string of the molecule is CN1C(=O)CCC1c1cc2[nH]c(-c3ccccc3)cc2cc1Oc1ccc(CCC(=O)O)cc1. The van der Waals surface area contributed by atoms with Crippen LogP contribution in [0.5, 0.6) is 11.5 Å². The predicted octanol–water partition coefficient (Wildman–Crippen LogP) is 5.94. The van der Waals surface area contributed by atoms with Crippen molar-refractivity contribution >= 4 is 22.8 Å². The Balaban J connectivity index is 1.51. The molecule has 1 saturated heterocycles. The van der Waals surface area contributed by atoms with Crippen LogP contribution in [0.25, 0.3) is 22.2 Å². The van der Waals surface area contributed by atoms with Gasteiger partial charge in [-0.15, -0.1) is 0 Å². The van der Waals surface area contributed by atoms with Crippen LogP contribution in [-0.4, -0.2) is 33.9 Å². The van der Waals surface area contributed by atoms with Crippen molar-refractivity contribution in [2.75, 3.05) is 7.05 Å². The van der Waals surface area contributed by atoms with Crippen LogP contribution >= 0.6 is 0 Å². The molecule has 34 heavy (non-hydrogen) atoms. The summed E-state index contributed by atoms with van der Waals surface area (Å²) in [6.07, 6.45) is 1.85. The molecule has 1 aromatic heterocycles. The van der Waals surface area contributed by atoms with Crippen molar-refractivity contribution in [3.8, 4) is 22.8 Å². The lowest BCUT2D eigenvalue weighted by Crippen LogP contribution is -2.22. The van der Waals surface area contributed by atoms with Crippen molar-refractivity contribution in [3.63, 3.8) is 0 Å². The summed E-state index contributed by atoms with van der Waals surface area (Å²) in [7, 11) is 1.84. The van der Waals surface area contributed by atoms with Crippen LogP contribution in [0, 0.1) is 0 Å². The summed E-state index contributed by atoms with van der Waals surface area (Å²) in [5.41, 5.74) is 5.05. The van der Waals surface area contributed by atoms with Crippen LogP contribution in [-0.2, 0) is 16.0 Å². The molecule has 2 heterocycles. The Morgan fingerprint density at radius 1 is 1.09 bits per heavy atom. The van der Waals surface area contributed by atoms with Crippen molar-refractivity contribution in [2.45, 2.75) is 31.7 Å². The van der Waals surface area contributed by atoms with Gasteiger partial charge in [0, 0.05) is 42.0 Å². The van der Waals surface area contributed by atoms with Crippen molar-refractivity contribution in [2.24, 2.45) is 0 Å². The number of hydrogen-bond donors (Lipinski definition) is 2. The fourth-order valence-electron chi connectivity index (χ4n) is 4.57. The topological polar surface area (TPSA) is 82.6 Å². The molecule has 2 N–H and O–H groups in total. The molecule has 6 nitrogen and oxygen atoms in total. The highest BCUT2D eigenvalue weighted by molar-refractivity contribution is 5.88. The second kappa shape index (κ2) is 9.06. The zero-order valence-electron chi connectivity index (χ0n) is 19.0. The Labute approximate surface area is 197 Å². The van der Waals surface area contributed by atoms with Gasteiger partial charge in [0.25, 0.3) is 0 Å². The minimum Gasteiger partial charge on any atom is -0.481 e. The van der Waals surface area contributed by atoms with Gasteiger partial charge in [-0.2, -0.15) is 0 Å². The number of ether oxygens (including phenoxy) is 1. The standard InChI is InChI=1S/C28H26N2O4/c1-30-25(12-13-27(30)31)22-17-24-20(15-23(29-24)19-5-3-2-4-6-19)16-26(22)34-21-10-7-18(8-11-21)9-14-28(32)33/h2-8,10-11,15-17,25,29H,9,12-14H2,1H3,(H,32,33). The van der Waals surface area contributed by atoms with Crippen LogP contribution in [0.3, 0.4) is 0 Å².